The van der Waals surface area contributed by atoms with E-state index >= 15 is 0 Å². The van der Waals surface area contributed by atoms with Crippen molar-refractivity contribution in [3.63, 3.8) is 0 Å². The molecule has 0 fully saturated rings. The smallest absolute Gasteiger partial charge is 0.248 e. The Morgan fingerprint density at radius 3 is 2.75 bits per heavy atom. The summed E-state index contributed by atoms with van der Waals surface area (Å²) in [6.07, 6.45) is 2.12. The summed E-state index contributed by atoms with van der Waals surface area (Å²) < 4.78 is 19.5. The second-order valence-electron chi connectivity index (χ2n) is 7.58. The molecular formula is C22H24FN3O2. The van der Waals surface area contributed by atoms with E-state index in [1.807, 2.05) is 44.4 Å². The Bertz CT molecular complexity index is 908. The van der Waals surface area contributed by atoms with Gasteiger partial charge in [-0.25, -0.2) is 9.40 Å². The van der Waals surface area contributed by atoms with Crippen LogP contribution in [0.3, 0.4) is 0 Å². The summed E-state index contributed by atoms with van der Waals surface area (Å²) in [6, 6.07) is 12.2. The Kier molecular flexibility index (Phi) is 5.13. The number of hydrogen-bond acceptors (Lipinski definition) is 4. The van der Waals surface area contributed by atoms with E-state index in [0.717, 1.165) is 42.0 Å². The van der Waals surface area contributed by atoms with Gasteiger partial charge in [-0.3, -0.25) is 4.79 Å². The van der Waals surface area contributed by atoms with Crippen LogP contribution in [0.25, 0.3) is 0 Å². The molecule has 1 aliphatic carbocycles. The Hall–Kier alpha value is -2.73. The number of carbonyl (C=O) groups is 1. The summed E-state index contributed by atoms with van der Waals surface area (Å²) in [5.74, 6) is 0.511. The molecule has 28 heavy (non-hydrogen) atoms. The Labute approximate surface area is 164 Å². The van der Waals surface area contributed by atoms with Gasteiger partial charge in [-0.1, -0.05) is 6.07 Å². The largest absolute Gasteiger partial charge is 0.492 e. The number of amides is 1. The highest BCUT2D eigenvalue weighted by Gasteiger charge is 2.34. The van der Waals surface area contributed by atoms with Crippen molar-refractivity contribution in [3.05, 3.63) is 59.4 Å². The molecule has 2 aromatic rings. The molecule has 0 radical (unpaired) electrons. The lowest BCUT2D eigenvalue weighted by Gasteiger charge is -2.33. The van der Waals surface area contributed by atoms with Crippen molar-refractivity contribution < 1.29 is 13.9 Å². The number of hydrogen-bond donors (Lipinski definition) is 0. The molecule has 5 nitrogen and oxygen atoms in total. The molecule has 0 saturated carbocycles. The van der Waals surface area contributed by atoms with Crippen molar-refractivity contribution in [3.8, 4) is 5.75 Å². The minimum Gasteiger partial charge on any atom is -0.492 e. The van der Waals surface area contributed by atoms with Gasteiger partial charge in [0, 0.05) is 24.4 Å². The lowest BCUT2D eigenvalue weighted by molar-refractivity contribution is -0.119. The summed E-state index contributed by atoms with van der Waals surface area (Å²) in [6.45, 7) is 1.43. The van der Waals surface area contributed by atoms with Gasteiger partial charge >= 0.3 is 0 Å². The number of rotatable bonds is 5. The number of benzene rings is 2. The minimum atomic E-state index is -0.273. The van der Waals surface area contributed by atoms with Crippen LogP contribution in [0.2, 0.25) is 0 Å². The Morgan fingerprint density at radius 2 is 2.00 bits per heavy atom. The van der Waals surface area contributed by atoms with Crippen LogP contribution in [0.5, 0.6) is 5.75 Å². The lowest BCUT2D eigenvalue weighted by atomic mass is 9.79. The fraction of sp³-hybridized carbons (Fsp3) is 0.364. The summed E-state index contributed by atoms with van der Waals surface area (Å²) in [5, 5.41) is 6.08. The third kappa shape index (κ3) is 3.78. The molecule has 6 heteroatoms. The molecular weight excluding hydrogens is 357 g/mol. The summed E-state index contributed by atoms with van der Waals surface area (Å²) in [5.41, 5.74) is 3.43. The fourth-order valence-electron chi connectivity index (χ4n) is 3.72. The molecule has 146 valence electrons. The van der Waals surface area contributed by atoms with Crippen molar-refractivity contribution in [1.29, 1.82) is 0 Å². The van der Waals surface area contributed by atoms with Gasteiger partial charge in [-0.05, 0) is 68.9 Å². The first-order valence-electron chi connectivity index (χ1n) is 9.59. The molecule has 0 aromatic heterocycles. The first kappa shape index (κ1) is 18.6. The van der Waals surface area contributed by atoms with E-state index in [1.54, 1.807) is 0 Å². The van der Waals surface area contributed by atoms with Crippen LogP contribution < -0.4 is 9.75 Å². The number of halogens is 1. The number of fused-ring (bicyclic) bond motifs is 3. The molecule has 1 heterocycles. The van der Waals surface area contributed by atoms with E-state index in [9.17, 15) is 9.18 Å². The highest BCUT2D eigenvalue weighted by atomic mass is 19.1. The molecule has 1 atom stereocenters. The predicted molar refractivity (Wildman–Crippen MR) is 107 cm³/mol. The summed E-state index contributed by atoms with van der Waals surface area (Å²) in [4.78, 5) is 14.7. The summed E-state index contributed by atoms with van der Waals surface area (Å²) in [7, 11) is 3.99. The average Bonchev–Trinajstić information content (AvgIpc) is 2.67. The van der Waals surface area contributed by atoms with E-state index in [-0.39, 0.29) is 17.6 Å². The van der Waals surface area contributed by atoms with Gasteiger partial charge < -0.3 is 9.64 Å². The zero-order valence-corrected chi connectivity index (χ0v) is 16.2. The first-order valence-corrected chi connectivity index (χ1v) is 9.59. The zero-order valence-electron chi connectivity index (χ0n) is 16.2. The third-order valence-electron chi connectivity index (χ3n) is 5.25. The molecule has 0 spiro atoms. The molecule has 4 rings (SSSR count). The second-order valence-corrected chi connectivity index (χ2v) is 7.58. The maximum absolute atomic E-state index is 13.8. The van der Waals surface area contributed by atoms with Gasteiger partial charge in [-0.15, -0.1) is 0 Å². The Morgan fingerprint density at radius 1 is 1.21 bits per heavy atom. The van der Waals surface area contributed by atoms with Crippen LogP contribution in [0, 0.1) is 11.7 Å². The van der Waals surface area contributed by atoms with Gasteiger partial charge in [0.15, 0.2) is 0 Å². The van der Waals surface area contributed by atoms with Crippen LogP contribution in [-0.2, 0) is 11.2 Å². The number of ether oxygens (including phenoxy) is 1. The maximum atomic E-state index is 13.8. The van der Waals surface area contributed by atoms with Gasteiger partial charge in [0.1, 0.15) is 18.2 Å². The molecule has 0 saturated heterocycles. The van der Waals surface area contributed by atoms with E-state index in [2.05, 4.69) is 10.0 Å². The Balaban J connectivity index is 1.58. The van der Waals surface area contributed by atoms with Gasteiger partial charge in [-0.2, -0.15) is 5.10 Å². The summed E-state index contributed by atoms with van der Waals surface area (Å²) >= 11 is 0. The number of aryl methyl sites for hydroxylation is 1. The number of hydrazone groups is 1. The lowest BCUT2D eigenvalue weighted by Crippen LogP contribution is -2.39. The standard InChI is InChI=1S/C22H24FN3O2/c1-25(2)11-12-28-19-9-7-18(8-10-19)26-21(27)13-16-4-3-15-5-6-17(23)14-20(15)22(16)24-26/h5-10,14,16H,3-4,11-13H2,1-2H3. The number of likely N-dealkylation sites (N-methyl/N-ethyl adjacent to an activating group) is 1. The van der Waals surface area contributed by atoms with Crippen LogP contribution in [-0.4, -0.2) is 43.8 Å². The molecule has 2 aromatic carbocycles. The highest BCUT2D eigenvalue weighted by molar-refractivity contribution is 6.11. The van der Waals surface area contributed by atoms with E-state index in [0.29, 0.717) is 18.7 Å². The van der Waals surface area contributed by atoms with Crippen molar-refractivity contribution in [2.24, 2.45) is 11.0 Å². The highest BCUT2D eigenvalue weighted by Crippen LogP contribution is 2.34. The van der Waals surface area contributed by atoms with E-state index in [1.165, 1.54) is 17.1 Å². The van der Waals surface area contributed by atoms with Crippen molar-refractivity contribution >= 4 is 17.3 Å². The van der Waals surface area contributed by atoms with Gasteiger partial charge in [0.05, 0.1) is 11.4 Å². The third-order valence-corrected chi connectivity index (χ3v) is 5.25. The fourth-order valence-corrected chi connectivity index (χ4v) is 3.72. The maximum Gasteiger partial charge on any atom is 0.248 e. The van der Waals surface area contributed by atoms with Crippen molar-refractivity contribution in [1.82, 2.24) is 4.90 Å². The molecule has 1 aliphatic heterocycles. The topological polar surface area (TPSA) is 45.1 Å². The number of anilines is 1. The average molecular weight is 381 g/mol. The van der Waals surface area contributed by atoms with Crippen molar-refractivity contribution in [2.75, 3.05) is 32.3 Å². The van der Waals surface area contributed by atoms with Crippen LogP contribution in [0.4, 0.5) is 10.1 Å². The van der Waals surface area contributed by atoms with Gasteiger partial charge in [0.2, 0.25) is 5.91 Å². The molecule has 1 amide bonds. The number of carbonyl (C=O) groups excluding carboxylic acids is 1. The number of nitrogens with zero attached hydrogens (tertiary/aromatic N) is 3. The van der Waals surface area contributed by atoms with E-state index < -0.39 is 0 Å². The van der Waals surface area contributed by atoms with Crippen molar-refractivity contribution in [2.45, 2.75) is 19.3 Å². The minimum absolute atomic E-state index is 0.0325. The van der Waals surface area contributed by atoms with E-state index in [4.69, 9.17) is 4.74 Å². The van der Waals surface area contributed by atoms with Crippen LogP contribution in [0.1, 0.15) is 24.0 Å². The molecule has 2 aliphatic rings. The first-order chi connectivity index (χ1) is 13.5. The molecule has 0 N–H and O–H groups in total. The van der Waals surface area contributed by atoms with Crippen LogP contribution in [0.15, 0.2) is 47.6 Å². The molecule has 0 bridgehead atoms. The monoisotopic (exact) mass is 381 g/mol. The zero-order chi connectivity index (χ0) is 19.7. The predicted octanol–water partition coefficient (Wildman–Crippen LogP) is 3.47. The SMILES string of the molecule is CN(C)CCOc1ccc(N2N=C3c4cc(F)ccc4CCC3CC2=O)cc1. The molecule has 1 unspecified atom stereocenters. The quantitative estimate of drug-likeness (QED) is 0.797. The van der Waals surface area contributed by atoms with Crippen LogP contribution >= 0.6 is 0 Å². The van der Waals surface area contributed by atoms with Gasteiger partial charge in [0.25, 0.3) is 0 Å². The normalized spacial score (nSPS) is 18.6. The second kappa shape index (κ2) is 7.72.